The lowest BCUT2D eigenvalue weighted by molar-refractivity contribution is -0.157. The number of ketones is 1. The molecule has 0 rings (SSSR count). The fraction of sp³-hybridized carbons (Fsp3) is 0.818. The first-order valence-corrected chi connectivity index (χ1v) is 5.33. The summed E-state index contributed by atoms with van der Waals surface area (Å²) in [6, 6.07) is 0. The number of unbranched alkanes of at least 4 members (excludes halogenated alkanes) is 2. The Hall–Kier alpha value is -0.860. The van der Waals surface area contributed by atoms with Crippen LogP contribution in [0.1, 0.15) is 52.9 Å². The number of esters is 1. The molecule has 0 N–H and O–H groups in total. The number of Topliss-reactive ketones (excluding diaryl/α,β-unsaturated/α-hetero) is 1. The summed E-state index contributed by atoms with van der Waals surface area (Å²) in [5.41, 5.74) is 0. The standard InChI is InChI=1S/C11H20O3/c1-4-6-7-8-10(5-2)14-11(13)9(3)12/h10H,4-8H2,1-3H3. The Kier molecular flexibility index (Phi) is 7.07. The molecular formula is C11H20O3. The van der Waals surface area contributed by atoms with Crippen LogP contribution >= 0.6 is 0 Å². The third kappa shape index (κ3) is 5.73. The van der Waals surface area contributed by atoms with Crippen molar-refractivity contribution in [2.24, 2.45) is 0 Å². The van der Waals surface area contributed by atoms with Crippen molar-refractivity contribution in [3.05, 3.63) is 0 Å². The topological polar surface area (TPSA) is 43.4 Å². The first kappa shape index (κ1) is 13.1. The summed E-state index contributed by atoms with van der Waals surface area (Å²) in [5, 5.41) is 0. The lowest BCUT2D eigenvalue weighted by Crippen LogP contribution is -2.22. The minimum Gasteiger partial charge on any atom is -0.457 e. The highest BCUT2D eigenvalue weighted by Gasteiger charge is 2.15. The van der Waals surface area contributed by atoms with E-state index in [4.69, 9.17) is 4.74 Å². The average molecular weight is 200 g/mol. The minimum atomic E-state index is -0.701. The zero-order valence-electron chi connectivity index (χ0n) is 9.34. The van der Waals surface area contributed by atoms with E-state index < -0.39 is 11.8 Å². The van der Waals surface area contributed by atoms with Crippen molar-refractivity contribution in [3.8, 4) is 0 Å². The van der Waals surface area contributed by atoms with Gasteiger partial charge in [0.2, 0.25) is 5.78 Å². The zero-order valence-corrected chi connectivity index (χ0v) is 9.34. The molecule has 0 aliphatic rings. The van der Waals surface area contributed by atoms with Crippen molar-refractivity contribution < 1.29 is 14.3 Å². The van der Waals surface area contributed by atoms with Crippen LogP contribution in [0.5, 0.6) is 0 Å². The van der Waals surface area contributed by atoms with E-state index in [-0.39, 0.29) is 6.10 Å². The van der Waals surface area contributed by atoms with Gasteiger partial charge in [-0.05, 0) is 19.3 Å². The summed E-state index contributed by atoms with van der Waals surface area (Å²) in [6.07, 6.45) is 4.91. The number of carbonyl (C=O) groups excluding carboxylic acids is 2. The van der Waals surface area contributed by atoms with Gasteiger partial charge < -0.3 is 4.74 Å². The third-order valence-corrected chi connectivity index (χ3v) is 2.15. The Balaban J connectivity index is 3.78. The fourth-order valence-electron chi connectivity index (χ4n) is 1.20. The molecule has 0 heterocycles. The van der Waals surface area contributed by atoms with Gasteiger partial charge >= 0.3 is 5.97 Å². The van der Waals surface area contributed by atoms with Gasteiger partial charge in [0.15, 0.2) is 0 Å². The van der Waals surface area contributed by atoms with E-state index in [0.717, 1.165) is 32.1 Å². The molecule has 0 bridgehead atoms. The molecule has 0 aromatic rings. The molecule has 3 heteroatoms. The molecular weight excluding hydrogens is 180 g/mol. The van der Waals surface area contributed by atoms with E-state index in [1.165, 1.54) is 6.92 Å². The second kappa shape index (κ2) is 7.54. The van der Waals surface area contributed by atoms with Gasteiger partial charge in [0.05, 0.1) is 0 Å². The van der Waals surface area contributed by atoms with Crippen molar-refractivity contribution in [2.75, 3.05) is 0 Å². The molecule has 0 radical (unpaired) electrons. The summed E-state index contributed by atoms with van der Waals surface area (Å²) in [4.78, 5) is 21.6. The van der Waals surface area contributed by atoms with Gasteiger partial charge in [0.25, 0.3) is 0 Å². The van der Waals surface area contributed by atoms with Crippen LogP contribution in [0, 0.1) is 0 Å². The van der Waals surface area contributed by atoms with Crippen LogP contribution in [0.25, 0.3) is 0 Å². The summed E-state index contributed by atoms with van der Waals surface area (Å²) in [7, 11) is 0. The second-order valence-corrected chi connectivity index (χ2v) is 3.49. The maximum absolute atomic E-state index is 11.0. The van der Waals surface area contributed by atoms with E-state index in [0.29, 0.717) is 0 Å². The highest BCUT2D eigenvalue weighted by molar-refractivity contribution is 6.32. The third-order valence-electron chi connectivity index (χ3n) is 2.15. The lowest BCUT2D eigenvalue weighted by atomic mass is 10.1. The van der Waals surface area contributed by atoms with Gasteiger partial charge in [-0.15, -0.1) is 0 Å². The number of rotatable bonds is 7. The largest absolute Gasteiger partial charge is 0.457 e. The molecule has 0 aromatic carbocycles. The predicted octanol–water partition coefficient (Wildman–Crippen LogP) is 2.48. The van der Waals surface area contributed by atoms with E-state index in [9.17, 15) is 9.59 Å². The summed E-state index contributed by atoms with van der Waals surface area (Å²) in [5.74, 6) is -1.22. The highest BCUT2D eigenvalue weighted by Crippen LogP contribution is 2.10. The van der Waals surface area contributed by atoms with Gasteiger partial charge in [0, 0.05) is 6.92 Å². The van der Waals surface area contributed by atoms with Crippen LogP contribution < -0.4 is 0 Å². The van der Waals surface area contributed by atoms with E-state index in [1.54, 1.807) is 0 Å². The molecule has 3 nitrogen and oxygen atoms in total. The first-order chi connectivity index (χ1) is 6.61. The van der Waals surface area contributed by atoms with Crippen LogP contribution in [0.2, 0.25) is 0 Å². The lowest BCUT2D eigenvalue weighted by Gasteiger charge is -2.14. The Bertz CT molecular complexity index is 187. The van der Waals surface area contributed by atoms with Gasteiger partial charge in [-0.2, -0.15) is 0 Å². The van der Waals surface area contributed by atoms with Crippen LogP contribution in [-0.2, 0) is 14.3 Å². The maximum atomic E-state index is 11.0. The molecule has 0 aliphatic carbocycles. The number of carbonyl (C=O) groups is 2. The van der Waals surface area contributed by atoms with Crippen molar-refractivity contribution in [2.45, 2.75) is 59.0 Å². The Morgan fingerprint density at radius 3 is 2.29 bits per heavy atom. The quantitative estimate of drug-likeness (QED) is 0.360. The van der Waals surface area contributed by atoms with Gasteiger partial charge in [0.1, 0.15) is 6.10 Å². The molecule has 82 valence electrons. The Morgan fingerprint density at radius 1 is 1.21 bits per heavy atom. The second-order valence-electron chi connectivity index (χ2n) is 3.49. The van der Waals surface area contributed by atoms with Gasteiger partial charge in [-0.25, -0.2) is 4.79 Å². The van der Waals surface area contributed by atoms with Crippen LogP contribution in [-0.4, -0.2) is 17.9 Å². The van der Waals surface area contributed by atoms with Gasteiger partial charge in [-0.1, -0.05) is 26.7 Å². The van der Waals surface area contributed by atoms with Crippen LogP contribution in [0.3, 0.4) is 0 Å². The Labute approximate surface area is 85.8 Å². The number of hydrogen-bond donors (Lipinski definition) is 0. The summed E-state index contributed by atoms with van der Waals surface area (Å²) < 4.78 is 5.02. The van der Waals surface area contributed by atoms with Crippen molar-refractivity contribution in [1.29, 1.82) is 0 Å². The normalized spacial score (nSPS) is 12.2. The summed E-state index contributed by atoms with van der Waals surface area (Å²) >= 11 is 0. The first-order valence-electron chi connectivity index (χ1n) is 5.33. The number of hydrogen-bond acceptors (Lipinski definition) is 3. The average Bonchev–Trinajstić information content (AvgIpc) is 2.16. The molecule has 0 fully saturated rings. The van der Waals surface area contributed by atoms with Crippen molar-refractivity contribution in [3.63, 3.8) is 0 Å². The monoisotopic (exact) mass is 200 g/mol. The minimum absolute atomic E-state index is 0.0852. The Morgan fingerprint density at radius 2 is 1.86 bits per heavy atom. The van der Waals surface area contributed by atoms with Crippen molar-refractivity contribution in [1.82, 2.24) is 0 Å². The predicted molar refractivity (Wildman–Crippen MR) is 55.0 cm³/mol. The highest BCUT2D eigenvalue weighted by atomic mass is 16.5. The molecule has 14 heavy (non-hydrogen) atoms. The number of ether oxygens (including phenoxy) is 1. The molecule has 0 aliphatic heterocycles. The van der Waals surface area contributed by atoms with Crippen LogP contribution in [0.4, 0.5) is 0 Å². The molecule has 0 amide bonds. The van der Waals surface area contributed by atoms with E-state index >= 15 is 0 Å². The maximum Gasteiger partial charge on any atom is 0.374 e. The smallest absolute Gasteiger partial charge is 0.374 e. The molecule has 1 unspecified atom stereocenters. The SMILES string of the molecule is CCCCCC(CC)OC(=O)C(C)=O. The van der Waals surface area contributed by atoms with E-state index in [2.05, 4.69) is 6.92 Å². The van der Waals surface area contributed by atoms with Gasteiger partial charge in [-0.3, -0.25) is 4.79 Å². The molecule has 0 saturated carbocycles. The fourth-order valence-corrected chi connectivity index (χ4v) is 1.20. The molecule has 0 spiro atoms. The van der Waals surface area contributed by atoms with Crippen molar-refractivity contribution >= 4 is 11.8 Å². The molecule has 0 saturated heterocycles. The van der Waals surface area contributed by atoms with E-state index in [1.807, 2.05) is 6.92 Å². The molecule has 0 aromatic heterocycles. The summed E-state index contributed by atoms with van der Waals surface area (Å²) in [6.45, 7) is 5.33. The van der Waals surface area contributed by atoms with Crippen LogP contribution in [0.15, 0.2) is 0 Å². The molecule has 1 atom stereocenters. The zero-order chi connectivity index (χ0) is 11.0.